The zero-order valence-corrected chi connectivity index (χ0v) is 10.3. The summed E-state index contributed by atoms with van der Waals surface area (Å²) in [4.78, 5) is 15.8. The van der Waals surface area contributed by atoms with E-state index in [0.29, 0.717) is 11.7 Å². The fraction of sp³-hybridized carbons (Fsp3) is 0.636. The van der Waals surface area contributed by atoms with Crippen LogP contribution in [0.15, 0.2) is 5.38 Å². The lowest BCUT2D eigenvalue weighted by molar-refractivity contribution is 0.0948. The van der Waals surface area contributed by atoms with Crippen molar-refractivity contribution in [3.8, 4) is 0 Å². The number of thiazole rings is 1. The van der Waals surface area contributed by atoms with Crippen molar-refractivity contribution in [3.63, 3.8) is 0 Å². The molecule has 16 heavy (non-hydrogen) atoms. The third-order valence-corrected chi connectivity index (χ3v) is 3.57. The summed E-state index contributed by atoms with van der Waals surface area (Å²) in [5, 5.41) is 9.05. The summed E-state index contributed by atoms with van der Waals surface area (Å²) in [7, 11) is 0. The van der Waals surface area contributed by atoms with Gasteiger partial charge in [-0.25, -0.2) is 4.98 Å². The maximum atomic E-state index is 11.6. The van der Waals surface area contributed by atoms with Crippen LogP contribution >= 0.6 is 11.3 Å². The Kier molecular flexibility index (Phi) is 3.90. The second-order valence-electron chi connectivity index (χ2n) is 4.09. The standard InChI is InChI=1S/C11H17N3OS/c1-8-14-10(7-16-8)11(15)13-6-4-9-3-2-5-12-9/h7,9,12H,2-6H2,1H3,(H,13,15)/t9-/m1/s1. The Hall–Kier alpha value is -0.940. The van der Waals surface area contributed by atoms with Gasteiger partial charge in [-0.2, -0.15) is 0 Å². The molecule has 2 N–H and O–H groups in total. The molecule has 0 aliphatic carbocycles. The smallest absolute Gasteiger partial charge is 0.270 e. The molecule has 0 saturated carbocycles. The molecule has 4 nitrogen and oxygen atoms in total. The number of hydrogen-bond acceptors (Lipinski definition) is 4. The van der Waals surface area contributed by atoms with Gasteiger partial charge in [0.25, 0.3) is 5.91 Å². The van der Waals surface area contributed by atoms with Gasteiger partial charge in [-0.15, -0.1) is 11.3 Å². The van der Waals surface area contributed by atoms with Gasteiger partial charge >= 0.3 is 0 Å². The number of rotatable bonds is 4. The predicted molar refractivity (Wildman–Crippen MR) is 64.8 cm³/mol. The topological polar surface area (TPSA) is 54.0 Å². The summed E-state index contributed by atoms with van der Waals surface area (Å²) in [6, 6.07) is 0.581. The molecule has 0 aromatic carbocycles. The van der Waals surface area contributed by atoms with Crippen molar-refractivity contribution in [2.75, 3.05) is 13.1 Å². The first-order chi connectivity index (χ1) is 7.75. The summed E-state index contributed by atoms with van der Waals surface area (Å²) in [5.41, 5.74) is 0.543. The third kappa shape index (κ3) is 3.02. The third-order valence-electron chi connectivity index (χ3n) is 2.79. The van der Waals surface area contributed by atoms with Crippen molar-refractivity contribution in [1.82, 2.24) is 15.6 Å². The fourth-order valence-corrected chi connectivity index (χ4v) is 2.51. The van der Waals surface area contributed by atoms with Crippen LogP contribution in [-0.4, -0.2) is 30.0 Å². The first kappa shape index (κ1) is 11.5. The van der Waals surface area contributed by atoms with Gasteiger partial charge < -0.3 is 10.6 Å². The molecule has 1 aromatic rings. The summed E-state index contributed by atoms with van der Waals surface area (Å²) < 4.78 is 0. The number of nitrogens with zero attached hydrogens (tertiary/aromatic N) is 1. The van der Waals surface area contributed by atoms with Crippen molar-refractivity contribution < 1.29 is 4.79 Å². The van der Waals surface area contributed by atoms with Crippen molar-refractivity contribution in [1.29, 1.82) is 0 Å². The monoisotopic (exact) mass is 239 g/mol. The van der Waals surface area contributed by atoms with E-state index in [0.717, 1.165) is 24.5 Å². The Morgan fingerprint density at radius 3 is 3.25 bits per heavy atom. The Bertz CT molecular complexity index is 358. The molecule has 1 atom stereocenters. The molecular formula is C11H17N3OS. The Labute approximate surface area is 99.5 Å². The zero-order valence-electron chi connectivity index (χ0n) is 9.45. The molecule has 0 bridgehead atoms. The minimum Gasteiger partial charge on any atom is -0.351 e. The quantitative estimate of drug-likeness (QED) is 0.833. The molecule has 1 saturated heterocycles. The van der Waals surface area contributed by atoms with Crippen LogP contribution < -0.4 is 10.6 Å². The van der Waals surface area contributed by atoms with E-state index in [9.17, 15) is 4.79 Å². The number of aromatic nitrogens is 1. The van der Waals surface area contributed by atoms with Gasteiger partial charge in [-0.3, -0.25) is 4.79 Å². The maximum Gasteiger partial charge on any atom is 0.270 e. The molecule has 0 unspecified atom stereocenters. The molecule has 1 amide bonds. The van der Waals surface area contributed by atoms with E-state index in [1.54, 1.807) is 5.38 Å². The lowest BCUT2D eigenvalue weighted by atomic mass is 10.1. The largest absolute Gasteiger partial charge is 0.351 e. The maximum absolute atomic E-state index is 11.6. The van der Waals surface area contributed by atoms with Gasteiger partial charge in [-0.05, 0) is 32.7 Å². The molecule has 1 aliphatic heterocycles. The van der Waals surface area contributed by atoms with Crippen molar-refractivity contribution >= 4 is 17.2 Å². The van der Waals surface area contributed by atoms with Crippen LogP contribution in [0.25, 0.3) is 0 Å². The lowest BCUT2D eigenvalue weighted by Crippen LogP contribution is -2.30. The van der Waals surface area contributed by atoms with Crippen molar-refractivity contribution in [2.24, 2.45) is 0 Å². The van der Waals surface area contributed by atoms with E-state index in [1.165, 1.54) is 24.2 Å². The van der Waals surface area contributed by atoms with E-state index in [4.69, 9.17) is 0 Å². The van der Waals surface area contributed by atoms with Crippen LogP contribution in [-0.2, 0) is 0 Å². The molecule has 88 valence electrons. The van der Waals surface area contributed by atoms with E-state index in [2.05, 4.69) is 15.6 Å². The number of amides is 1. The van der Waals surface area contributed by atoms with Gasteiger partial charge in [0.05, 0.1) is 5.01 Å². The summed E-state index contributed by atoms with van der Waals surface area (Å²) >= 11 is 1.51. The molecule has 0 spiro atoms. The molecule has 2 rings (SSSR count). The molecule has 1 aromatic heterocycles. The number of nitrogens with one attached hydrogen (secondary N) is 2. The number of hydrogen-bond donors (Lipinski definition) is 2. The first-order valence-corrected chi connectivity index (χ1v) is 6.57. The Morgan fingerprint density at radius 1 is 1.75 bits per heavy atom. The van der Waals surface area contributed by atoms with Crippen LogP contribution in [0.1, 0.15) is 34.8 Å². The number of carbonyl (C=O) groups excluding carboxylic acids is 1. The van der Waals surface area contributed by atoms with Crippen molar-refractivity contribution in [3.05, 3.63) is 16.1 Å². The Morgan fingerprint density at radius 2 is 2.62 bits per heavy atom. The molecule has 0 radical (unpaired) electrons. The van der Waals surface area contributed by atoms with Gasteiger partial charge in [0, 0.05) is 18.0 Å². The molecule has 5 heteroatoms. The highest BCUT2D eigenvalue weighted by atomic mass is 32.1. The van der Waals surface area contributed by atoms with Gasteiger partial charge in [0.1, 0.15) is 5.69 Å². The molecular weight excluding hydrogens is 222 g/mol. The summed E-state index contributed by atoms with van der Waals surface area (Å²) in [6.07, 6.45) is 3.49. The van der Waals surface area contributed by atoms with Gasteiger partial charge in [-0.1, -0.05) is 0 Å². The Balaban J connectivity index is 1.71. The normalized spacial score (nSPS) is 19.9. The highest BCUT2D eigenvalue weighted by molar-refractivity contribution is 7.09. The van der Waals surface area contributed by atoms with E-state index in [1.807, 2.05) is 6.92 Å². The van der Waals surface area contributed by atoms with Crippen LogP contribution in [0, 0.1) is 6.92 Å². The minimum atomic E-state index is -0.0534. The fourth-order valence-electron chi connectivity index (χ4n) is 1.92. The minimum absolute atomic E-state index is 0.0534. The molecule has 1 aliphatic rings. The highest BCUT2D eigenvalue weighted by Crippen LogP contribution is 2.09. The second kappa shape index (κ2) is 5.41. The zero-order chi connectivity index (χ0) is 11.4. The first-order valence-electron chi connectivity index (χ1n) is 5.69. The molecule has 1 fully saturated rings. The second-order valence-corrected chi connectivity index (χ2v) is 5.15. The lowest BCUT2D eigenvalue weighted by Gasteiger charge is -2.09. The van der Waals surface area contributed by atoms with E-state index < -0.39 is 0 Å². The summed E-state index contributed by atoms with van der Waals surface area (Å²) in [5.74, 6) is -0.0534. The van der Waals surface area contributed by atoms with Crippen molar-refractivity contribution in [2.45, 2.75) is 32.2 Å². The van der Waals surface area contributed by atoms with Gasteiger partial charge in [0.2, 0.25) is 0 Å². The van der Waals surface area contributed by atoms with E-state index >= 15 is 0 Å². The van der Waals surface area contributed by atoms with Crippen LogP contribution in [0.5, 0.6) is 0 Å². The average molecular weight is 239 g/mol. The van der Waals surface area contributed by atoms with Crippen LogP contribution in [0.2, 0.25) is 0 Å². The summed E-state index contributed by atoms with van der Waals surface area (Å²) in [6.45, 7) is 3.75. The number of carbonyl (C=O) groups is 1. The molecule has 2 heterocycles. The van der Waals surface area contributed by atoms with E-state index in [-0.39, 0.29) is 5.91 Å². The highest BCUT2D eigenvalue weighted by Gasteiger charge is 2.14. The van der Waals surface area contributed by atoms with Crippen LogP contribution in [0.3, 0.4) is 0 Å². The van der Waals surface area contributed by atoms with Gasteiger partial charge in [0.15, 0.2) is 0 Å². The predicted octanol–water partition coefficient (Wildman–Crippen LogP) is 1.32. The average Bonchev–Trinajstić information content (AvgIpc) is 2.89. The van der Waals surface area contributed by atoms with Crippen LogP contribution in [0.4, 0.5) is 0 Å². The SMILES string of the molecule is Cc1nc(C(=O)NCC[C@H]2CCCN2)cs1. The number of aryl methyl sites for hydroxylation is 1.